The molecule has 1 aromatic carbocycles. The molecule has 0 amide bonds. The maximum atomic E-state index is 13.5. The van der Waals surface area contributed by atoms with E-state index in [4.69, 9.17) is 4.74 Å². The van der Waals surface area contributed by atoms with Crippen molar-refractivity contribution in [2.75, 3.05) is 20.2 Å². The Morgan fingerprint density at radius 1 is 1.28 bits per heavy atom. The zero-order valence-corrected chi connectivity index (χ0v) is 14.2. The second kappa shape index (κ2) is 6.80. The molecule has 0 N–H and O–H groups in total. The second-order valence-electron chi connectivity index (χ2n) is 6.51. The Morgan fingerprint density at radius 3 is 3.00 bits per heavy atom. The molecule has 1 saturated heterocycles. The summed E-state index contributed by atoms with van der Waals surface area (Å²) in [5, 5.41) is 4.52. The number of benzene rings is 1. The van der Waals surface area contributed by atoms with Gasteiger partial charge in [-0.05, 0) is 51.1 Å². The van der Waals surface area contributed by atoms with E-state index < -0.39 is 0 Å². The van der Waals surface area contributed by atoms with E-state index >= 15 is 0 Å². The molecule has 1 fully saturated rings. The Morgan fingerprint density at radius 2 is 2.20 bits per heavy atom. The lowest BCUT2D eigenvalue weighted by Crippen LogP contribution is -2.26. The van der Waals surface area contributed by atoms with Crippen molar-refractivity contribution in [2.45, 2.75) is 25.3 Å². The average molecular weight is 340 g/mol. The van der Waals surface area contributed by atoms with Crippen molar-refractivity contribution < 1.29 is 9.13 Å². The fourth-order valence-electron chi connectivity index (χ4n) is 3.42. The number of aromatic nitrogens is 3. The average Bonchev–Trinajstić information content (AvgIpc) is 3.21. The molecular formula is C19H21FN4O. The maximum absolute atomic E-state index is 13.5. The lowest BCUT2D eigenvalue weighted by Gasteiger charge is -2.19. The quantitative estimate of drug-likeness (QED) is 0.714. The summed E-state index contributed by atoms with van der Waals surface area (Å²) in [5.74, 6) is 0.282. The first-order valence-corrected chi connectivity index (χ1v) is 8.64. The Kier molecular flexibility index (Phi) is 4.36. The molecule has 3 aromatic rings. The third-order valence-corrected chi connectivity index (χ3v) is 4.83. The van der Waals surface area contributed by atoms with Crippen molar-refractivity contribution in [3.8, 4) is 17.1 Å². The summed E-state index contributed by atoms with van der Waals surface area (Å²) in [6.07, 6.45) is 5.19. The van der Waals surface area contributed by atoms with Gasteiger partial charge in [0.2, 0.25) is 5.88 Å². The monoisotopic (exact) mass is 340 g/mol. The molecule has 0 radical (unpaired) electrons. The van der Waals surface area contributed by atoms with E-state index in [0.29, 0.717) is 24.2 Å². The molecular weight excluding hydrogens is 319 g/mol. The highest BCUT2D eigenvalue weighted by Crippen LogP contribution is 2.22. The van der Waals surface area contributed by atoms with Crippen LogP contribution in [0, 0.1) is 5.82 Å². The molecule has 0 aliphatic carbocycles. The van der Waals surface area contributed by atoms with Crippen LogP contribution in [0.2, 0.25) is 0 Å². The predicted octanol–water partition coefficient (Wildman–Crippen LogP) is 3.40. The topological polar surface area (TPSA) is 42.7 Å². The molecule has 4 rings (SSSR count). The Balaban J connectivity index is 1.52. The van der Waals surface area contributed by atoms with E-state index in [0.717, 1.165) is 17.7 Å². The van der Waals surface area contributed by atoms with E-state index in [1.54, 1.807) is 16.8 Å². The van der Waals surface area contributed by atoms with Crippen LogP contribution in [0.25, 0.3) is 16.9 Å². The van der Waals surface area contributed by atoms with Crippen molar-refractivity contribution in [3.05, 3.63) is 48.4 Å². The Bertz CT molecular complexity index is 879. The zero-order valence-electron chi connectivity index (χ0n) is 14.2. The van der Waals surface area contributed by atoms with E-state index in [9.17, 15) is 4.39 Å². The van der Waals surface area contributed by atoms with Gasteiger partial charge in [-0.3, -0.25) is 0 Å². The normalized spacial score (nSPS) is 18.1. The maximum Gasteiger partial charge on any atom is 0.231 e. The van der Waals surface area contributed by atoms with E-state index in [1.165, 1.54) is 31.5 Å². The number of halogens is 1. The van der Waals surface area contributed by atoms with Gasteiger partial charge in [-0.15, -0.1) is 5.10 Å². The van der Waals surface area contributed by atoms with Crippen molar-refractivity contribution in [2.24, 2.45) is 0 Å². The number of hydrogen-bond acceptors (Lipinski definition) is 4. The molecule has 25 heavy (non-hydrogen) atoms. The van der Waals surface area contributed by atoms with Gasteiger partial charge in [0.15, 0.2) is 5.65 Å². The van der Waals surface area contributed by atoms with Gasteiger partial charge < -0.3 is 9.64 Å². The van der Waals surface area contributed by atoms with Crippen molar-refractivity contribution >= 4 is 5.65 Å². The summed E-state index contributed by atoms with van der Waals surface area (Å²) >= 11 is 0. The molecule has 5 nitrogen and oxygen atoms in total. The van der Waals surface area contributed by atoms with Crippen LogP contribution in [0.3, 0.4) is 0 Å². The number of imidazole rings is 1. The molecule has 0 saturated carbocycles. The SMILES string of the molecule is CN1CCCC1CCOc1ccc2ncc(-c3cccc(F)c3)n2n1. The van der Waals surface area contributed by atoms with Crippen molar-refractivity contribution in [3.63, 3.8) is 0 Å². The number of rotatable bonds is 5. The van der Waals surface area contributed by atoms with Gasteiger partial charge in [-0.2, -0.15) is 0 Å². The smallest absolute Gasteiger partial charge is 0.231 e. The largest absolute Gasteiger partial charge is 0.477 e. The lowest BCUT2D eigenvalue weighted by atomic mass is 10.1. The van der Waals surface area contributed by atoms with Crippen LogP contribution in [0.1, 0.15) is 19.3 Å². The van der Waals surface area contributed by atoms with Gasteiger partial charge in [0, 0.05) is 17.7 Å². The number of ether oxygens (including phenoxy) is 1. The fourth-order valence-corrected chi connectivity index (χ4v) is 3.42. The minimum atomic E-state index is -0.277. The van der Waals surface area contributed by atoms with Crippen LogP contribution in [0.15, 0.2) is 42.6 Å². The number of likely N-dealkylation sites (tertiary alicyclic amines) is 1. The highest BCUT2D eigenvalue weighted by atomic mass is 19.1. The Hall–Kier alpha value is -2.47. The lowest BCUT2D eigenvalue weighted by molar-refractivity contribution is 0.227. The summed E-state index contributed by atoms with van der Waals surface area (Å²) in [7, 11) is 2.17. The minimum Gasteiger partial charge on any atom is -0.477 e. The standard InChI is InChI=1S/C19H21FN4O/c1-23-10-3-6-16(23)9-11-25-19-8-7-18-21-13-17(24(18)22-19)14-4-2-5-15(20)12-14/h2,4-5,7-8,12-13,16H,3,6,9-11H2,1H3. The number of hydrogen-bond donors (Lipinski definition) is 0. The molecule has 0 bridgehead atoms. The second-order valence-corrected chi connectivity index (χ2v) is 6.51. The van der Waals surface area contributed by atoms with Crippen LogP contribution >= 0.6 is 0 Å². The molecule has 6 heteroatoms. The van der Waals surface area contributed by atoms with E-state index in [2.05, 4.69) is 22.0 Å². The van der Waals surface area contributed by atoms with Crippen LogP contribution in [-0.4, -0.2) is 45.7 Å². The first-order valence-electron chi connectivity index (χ1n) is 8.64. The van der Waals surface area contributed by atoms with Crippen LogP contribution in [-0.2, 0) is 0 Å². The molecule has 130 valence electrons. The summed E-state index contributed by atoms with van der Waals surface area (Å²) in [5.41, 5.74) is 2.20. The molecule has 1 aliphatic heterocycles. The zero-order chi connectivity index (χ0) is 17.2. The minimum absolute atomic E-state index is 0.277. The molecule has 1 atom stereocenters. The summed E-state index contributed by atoms with van der Waals surface area (Å²) < 4.78 is 21.1. The first-order chi connectivity index (χ1) is 12.2. The molecule has 1 aliphatic rings. The fraction of sp³-hybridized carbons (Fsp3) is 0.368. The van der Waals surface area contributed by atoms with Crippen LogP contribution in [0.4, 0.5) is 4.39 Å². The number of nitrogens with zero attached hydrogens (tertiary/aromatic N) is 4. The van der Waals surface area contributed by atoms with E-state index in [1.807, 2.05) is 18.2 Å². The van der Waals surface area contributed by atoms with Gasteiger partial charge in [0.1, 0.15) is 5.82 Å². The van der Waals surface area contributed by atoms with Gasteiger partial charge in [0.05, 0.1) is 18.5 Å². The molecule has 1 unspecified atom stereocenters. The van der Waals surface area contributed by atoms with Gasteiger partial charge >= 0.3 is 0 Å². The van der Waals surface area contributed by atoms with Gasteiger partial charge in [-0.1, -0.05) is 12.1 Å². The molecule has 3 heterocycles. The molecule has 2 aromatic heterocycles. The summed E-state index contributed by atoms with van der Waals surface area (Å²) in [6, 6.07) is 10.7. The third-order valence-electron chi connectivity index (χ3n) is 4.83. The van der Waals surface area contributed by atoms with Gasteiger partial charge in [0.25, 0.3) is 0 Å². The van der Waals surface area contributed by atoms with Crippen LogP contribution in [0.5, 0.6) is 5.88 Å². The highest BCUT2D eigenvalue weighted by Gasteiger charge is 2.20. The van der Waals surface area contributed by atoms with Crippen molar-refractivity contribution in [1.29, 1.82) is 0 Å². The van der Waals surface area contributed by atoms with Crippen molar-refractivity contribution in [1.82, 2.24) is 19.5 Å². The third kappa shape index (κ3) is 3.35. The predicted molar refractivity (Wildman–Crippen MR) is 94.1 cm³/mol. The van der Waals surface area contributed by atoms with Crippen LogP contribution < -0.4 is 4.74 Å². The summed E-state index contributed by atoms with van der Waals surface area (Å²) in [4.78, 5) is 6.72. The number of fused-ring (bicyclic) bond motifs is 1. The summed E-state index contributed by atoms with van der Waals surface area (Å²) in [6.45, 7) is 1.80. The van der Waals surface area contributed by atoms with E-state index in [-0.39, 0.29) is 5.82 Å². The molecule has 0 spiro atoms. The highest BCUT2D eigenvalue weighted by molar-refractivity contribution is 5.63. The van der Waals surface area contributed by atoms with Gasteiger partial charge in [-0.25, -0.2) is 13.9 Å². The Labute approximate surface area is 146 Å². The first kappa shape index (κ1) is 16.0.